The van der Waals surface area contributed by atoms with Crippen LogP contribution < -0.4 is 5.69 Å². The summed E-state index contributed by atoms with van der Waals surface area (Å²) < 4.78 is 7.11. The van der Waals surface area contributed by atoms with Gasteiger partial charge >= 0.3 is 5.69 Å². The largest absolute Gasteiger partial charge is 0.396 e. The molecule has 0 bridgehead atoms. The third-order valence-corrected chi connectivity index (χ3v) is 6.23. The van der Waals surface area contributed by atoms with E-state index in [4.69, 9.17) is 0 Å². The van der Waals surface area contributed by atoms with Gasteiger partial charge in [-0.15, -0.1) is 0 Å². The van der Waals surface area contributed by atoms with Gasteiger partial charge in [0.25, 0.3) is 0 Å². The van der Waals surface area contributed by atoms with E-state index in [-0.39, 0.29) is 12.3 Å². The summed E-state index contributed by atoms with van der Waals surface area (Å²) in [5.41, 5.74) is 4.15. The van der Waals surface area contributed by atoms with E-state index in [0.717, 1.165) is 64.3 Å². The van der Waals surface area contributed by atoms with Crippen molar-refractivity contribution < 1.29 is 5.11 Å². The van der Waals surface area contributed by atoms with Gasteiger partial charge in [-0.2, -0.15) is 0 Å². The molecule has 0 aliphatic heterocycles. The first-order valence-electron chi connectivity index (χ1n) is 10.1. The van der Waals surface area contributed by atoms with Crippen LogP contribution in [0.2, 0.25) is 0 Å². The molecule has 5 rings (SSSR count). The normalized spacial score (nSPS) is 14.3. The van der Waals surface area contributed by atoms with Crippen molar-refractivity contribution in [3.63, 3.8) is 0 Å². The number of aromatic nitrogens is 4. The van der Waals surface area contributed by atoms with Gasteiger partial charge in [-0.3, -0.25) is 14.1 Å². The van der Waals surface area contributed by atoms with Crippen LogP contribution in [0.3, 0.4) is 0 Å². The van der Waals surface area contributed by atoms with Gasteiger partial charge in [-0.05, 0) is 56.0 Å². The van der Waals surface area contributed by atoms with Gasteiger partial charge in [0.2, 0.25) is 0 Å². The van der Waals surface area contributed by atoms with Crippen molar-refractivity contribution in [1.82, 2.24) is 18.7 Å². The number of halogens is 1. The predicted octanol–water partition coefficient (Wildman–Crippen LogP) is 4.07. The Balaban J connectivity index is 1.63. The molecule has 29 heavy (non-hydrogen) atoms. The smallest absolute Gasteiger partial charge is 0.329 e. The zero-order valence-corrected chi connectivity index (χ0v) is 17.7. The van der Waals surface area contributed by atoms with Crippen LogP contribution >= 0.6 is 15.9 Å². The van der Waals surface area contributed by atoms with E-state index in [9.17, 15) is 9.90 Å². The molecule has 3 aromatic heterocycles. The quantitative estimate of drug-likeness (QED) is 0.428. The second-order valence-electron chi connectivity index (χ2n) is 7.76. The number of unbranched alkanes of at least 4 members (excludes halogenated alkanes) is 1. The summed E-state index contributed by atoms with van der Waals surface area (Å²) in [5.74, 6) is 0. The molecular formula is C22H23BrN4O2. The Bertz CT molecular complexity index is 1250. The second kappa shape index (κ2) is 7.46. The van der Waals surface area contributed by atoms with Crippen molar-refractivity contribution in [3.8, 4) is 0 Å². The van der Waals surface area contributed by atoms with Crippen molar-refractivity contribution in [3.05, 3.63) is 63.4 Å². The molecule has 0 spiro atoms. The molecule has 3 heterocycles. The van der Waals surface area contributed by atoms with Gasteiger partial charge in [0.05, 0.1) is 23.8 Å². The fourth-order valence-electron chi connectivity index (χ4n) is 4.20. The van der Waals surface area contributed by atoms with E-state index >= 15 is 0 Å². The first kappa shape index (κ1) is 18.6. The molecular weight excluding hydrogens is 432 g/mol. The maximum atomic E-state index is 13.3. The van der Waals surface area contributed by atoms with Crippen LogP contribution in [-0.4, -0.2) is 30.4 Å². The number of aliphatic hydroxyl groups excluding tert-OH is 1. The van der Waals surface area contributed by atoms with Crippen LogP contribution in [0.15, 0.2) is 52.0 Å². The molecule has 0 amide bonds. The van der Waals surface area contributed by atoms with Crippen LogP contribution in [0.4, 0.5) is 0 Å². The summed E-state index contributed by atoms with van der Waals surface area (Å²) in [6.07, 6.45) is 7.34. The van der Waals surface area contributed by atoms with Gasteiger partial charge < -0.3 is 9.67 Å². The molecule has 0 unspecified atom stereocenters. The van der Waals surface area contributed by atoms with Gasteiger partial charge in [-0.25, -0.2) is 4.79 Å². The van der Waals surface area contributed by atoms with E-state index < -0.39 is 0 Å². The summed E-state index contributed by atoms with van der Waals surface area (Å²) in [6.45, 7) is 1.52. The second-order valence-corrected chi connectivity index (χ2v) is 8.67. The maximum Gasteiger partial charge on any atom is 0.329 e. The zero-order chi connectivity index (χ0) is 20.0. The van der Waals surface area contributed by atoms with Crippen molar-refractivity contribution >= 4 is 37.9 Å². The van der Waals surface area contributed by atoms with E-state index in [1.165, 1.54) is 0 Å². The number of imidazole rings is 1. The first-order valence-corrected chi connectivity index (χ1v) is 10.9. The number of rotatable bonds is 7. The summed E-state index contributed by atoms with van der Waals surface area (Å²) in [7, 11) is 0. The lowest BCUT2D eigenvalue weighted by Gasteiger charge is -2.11. The Labute approximate surface area is 176 Å². The van der Waals surface area contributed by atoms with Crippen LogP contribution in [0.5, 0.6) is 0 Å². The zero-order valence-electron chi connectivity index (χ0n) is 16.1. The highest BCUT2D eigenvalue weighted by atomic mass is 79.9. The van der Waals surface area contributed by atoms with Crippen LogP contribution in [0.1, 0.15) is 37.4 Å². The third kappa shape index (κ3) is 3.32. The molecule has 1 aliphatic rings. The number of hydrogen-bond acceptors (Lipinski definition) is 3. The topological polar surface area (TPSA) is 65.0 Å². The average molecular weight is 455 g/mol. The summed E-state index contributed by atoms with van der Waals surface area (Å²) in [4.78, 5) is 17.5. The van der Waals surface area contributed by atoms with Crippen molar-refractivity contribution in [2.24, 2.45) is 0 Å². The number of aryl methyl sites for hydroxylation is 1. The Morgan fingerprint density at radius 3 is 2.72 bits per heavy atom. The molecule has 0 radical (unpaired) electrons. The van der Waals surface area contributed by atoms with Gasteiger partial charge in [0, 0.05) is 46.5 Å². The summed E-state index contributed by atoms with van der Waals surface area (Å²) in [6, 6.07) is 10.7. The number of fused-ring (bicyclic) bond motifs is 2. The Morgan fingerprint density at radius 1 is 1.07 bits per heavy atom. The maximum absolute atomic E-state index is 13.3. The number of pyridine rings is 1. The standard InChI is InChI=1S/C22H23BrN4O2/c23-16-3-6-19-15(11-16)12-18(25(19)9-1-2-10-28)14-26-21-13-24-8-7-20(21)27(22(26)29)17-4-5-17/h3,6-8,11-13,17,28H,1-2,4-5,9-10,14H2. The van der Waals surface area contributed by atoms with E-state index in [0.29, 0.717) is 12.6 Å². The first-order chi connectivity index (χ1) is 14.2. The molecule has 1 fully saturated rings. The predicted molar refractivity (Wildman–Crippen MR) is 117 cm³/mol. The molecule has 1 N–H and O–H groups in total. The highest BCUT2D eigenvalue weighted by Crippen LogP contribution is 2.36. The molecule has 150 valence electrons. The minimum Gasteiger partial charge on any atom is -0.396 e. The monoisotopic (exact) mass is 454 g/mol. The lowest BCUT2D eigenvalue weighted by atomic mass is 10.2. The van der Waals surface area contributed by atoms with Crippen molar-refractivity contribution in [2.45, 2.75) is 44.8 Å². The van der Waals surface area contributed by atoms with Gasteiger partial charge in [0.1, 0.15) is 0 Å². The fraction of sp³-hybridized carbons (Fsp3) is 0.364. The van der Waals surface area contributed by atoms with E-state index in [1.54, 1.807) is 12.4 Å². The molecule has 7 heteroatoms. The Kier molecular flexibility index (Phi) is 4.80. The van der Waals surface area contributed by atoms with E-state index in [2.05, 4.69) is 43.7 Å². The molecule has 0 atom stereocenters. The molecule has 1 aliphatic carbocycles. The molecule has 1 aromatic carbocycles. The Hall–Kier alpha value is -2.38. The van der Waals surface area contributed by atoms with Crippen LogP contribution in [0, 0.1) is 0 Å². The summed E-state index contributed by atoms with van der Waals surface area (Å²) >= 11 is 3.56. The van der Waals surface area contributed by atoms with Crippen LogP contribution in [0.25, 0.3) is 21.9 Å². The Morgan fingerprint density at radius 2 is 1.93 bits per heavy atom. The summed E-state index contributed by atoms with van der Waals surface area (Å²) in [5, 5.41) is 10.3. The average Bonchev–Trinajstić information content (AvgIpc) is 3.44. The fourth-order valence-corrected chi connectivity index (χ4v) is 4.58. The number of benzene rings is 1. The van der Waals surface area contributed by atoms with Crippen molar-refractivity contribution in [1.29, 1.82) is 0 Å². The molecule has 6 nitrogen and oxygen atoms in total. The van der Waals surface area contributed by atoms with E-state index in [1.807, 2.05) is 21.3 Å². The highest BCUT2D eigenvalue weighted by molar-refractivity contribution is 9.10. The minimum absolute atomic E-state index is 0.0452. The number of nitrogens with zero attached hydrogens (tertiary/aromatic N) is 4. The number of hydrogen-bond donors (Lipinski definition) is 1. The molecule has 0 saturated heterocycles. The molecule has 1 saturated carbocycles. The number of aliphatic hydroxyl groups is 1. The molecule has 4 aromatic rings. The SMILES string of the molecule is O=c1n(Cc2cc3cc(Br)ccc3n2CCCCO)c2cnccc2n1C1CC1. The van der Waals surface area contributed by atoms with Gasteiger partial charge in [0.15, 0.2) is 0 Å². The highest BCUT2D eigenvalue weighted by Gasteiger charge is 2.29. The minimum atomic E-state index is 0.0452. The third-order valence-electron chi connectivity index (χ3n) is 5.74. The lowest BCUT2D eigenvalue weighted by Crippen LogP contribution is -2.25. The lowest BCUT2D eigenvalue weighted by molar-refractivity contribution is 0.281. The van der Waals surface area contributed by atoms with Crippen molar-refractivity contribution in [2.75, 3.05) is 6.61 Å². The van der Waals surface area contributed by atoms with Crippen LogP contribution in [-0.2, 0) is 13.1 Å². The van der Waals surface area contributed by atoms with Gasteiger partial charge in [-0.1, -0.05) is 15.9 Å².